The average Bonchev–Trinajstić information content (AvgIpc) is 2.42. The van der Waals surface area contributed by atoms with Crippen LogP contribution in [0.5, 0.6) is 0 Å². The first-order valence-corrected chi connectivity index (χ1v) is 6.39. The normalized spacial score (nSPS) is 18.3. The first-order chi connectivity index (χ1) is 8.68. The molecule has 5 heteroatoms. The SMILES string of the molecule is NCC1(C(=O)Nc2ccccc2Cl)CCOCC1. The summed E-state index contributed by atoms with van der Waals surface area (Å²) in [6.07, 6.45) is 1.31. The molecule has 0 aliphatic carbocycles. The number of rotatable bonds is 3. The molecule has 1 aliphatic heterocycles. The summed E-state index contributed by atoms with van der Waals surface area (Å²) in [5, 5.41) is 3.40. The number of carbonyl (C=O) groups excluding carboxylic acids is 1. The molecule has 1 saturated heterocycles. The Hall–Kier alpha value is -1.10. The van der Waals surface area contributed by atoms with Gasteiger partial charge in [-0.3, -0.25) is 4.79 Å². The lowest BCUT2D eigenvalue weighted by Crippen LogP contribution is -2.46. The van der Waals surface area contributed by atoms with Crippen LogP contribution < -0.4 is 11.1 Å². The molecule has 4 nitrogen and oxygen atoms in total. The quantitative estimate of drug-likeness (QED) is 0.882. The molecule has 2 rings (SSSR count). The minimum Gasteiger partial charge on any atom is -0.381 e. The van der Waals surface area contributed by atoms with E-state index in [1.165, 1.54) is 0 Å². The number of nitrogens with one attached hydrogen (secondary N) is 1. The molecule has 1 amide bonds. The molecule has 0 radical (unpaired) electrons. The van der Waals surface area contributed by atoms with Crippen LogP contribution in [0, 0.1) is 5.41 Å². The number of amides is 1. The zero-order chi connectivity index (χ0) is 13.0. The number of hydrogen-bond acceptors (Lipinski definition) is 3. The number of hydrogen-bond donors (Lipinski definition) is 2. The van der Waals surface area contributed by atoms with Gasteiger partial charge in [-0.15, -0.1) is 0 Å². The van der Waals surface area contributed by atoms with Crippen molar-refractivity contribution >= 4 is 23.2 Å². The van der Waals surface area contributed by atoms with Gasteiger partial charge in [0.15, 0.2) is 0 Å². The van der Waals surface area contributed by atoms with Gasteiger partial charge in [0, 0.05) is 19.8 Å². The van der Waals surface area contributed by atoms with Crippen molar-refractivity contribution in [3.05, 3.63) is 29.3 Å². The number of para-hydroxylation sites is 1. The van der Waals surface area contributed by atoms with Crippen LogP contribution in [0.25, 0.3) is 0 Å². The third-order valence-electron chi connectivity index (χ3n) is 3.44. The highest BCUT2D eigenvalue weighted by molar-refractivity contribution is 6.33. The third-order valence-corrected chi connectivity index (χ3v) is 3.77. The summed E-state index contributed by atoms with van der Waals surface area (Å²) in [6.45, 7) is 1.48. The Morgan fingerprint density at radius 1 is 1.39 bits per heavy atom. The zero-order valence-corrected chi connectivity index (χ0v) is 10.9. The number of benzene rings is 1. The fraction of sp³-hybridized carbons (Fsp3) is 0.462. The average molecular weight is 269 g/mol. The maximum Gasteiger partial charge on any atom is 0.232 e. The molecule has 1 aromatic carbocycles. The van der Waals surface area contributed by atoms with Crippen molar-refractivity contribution in [1.29, 1.82) is 0 Å². The standard InChI is InChI=1S/C13H17ClN2O2/c14-10-3-1-2-4-11(10)16-12(17)13(9-15)5-7-18-8-6-13/h1-4H,5-9,15H2,(H,16,17). The second-order valence-corrected chi connectivity index (χ2v) is 4.94. The van der Waals surface area contributed by atoms with Crippen molar-refractivity contribution in [2.45, 2.75) is 12.8 Å². The molecule has 0 spiro atoms. The zero-order valence-electron chi connectivity index (χ0n) is 10.1. The molecule has 98 valence electrons. The highest BCUT2D eigenvalue weighted by Crippen LogP contribution is 2.32. The smallest absolute Gasteiger partial charge is 0.232 e. The van der Waals surface area contributed by atoms with E-state index < -0.39 is 5.41 Å². The van der Waals surface area contributed by atoms with E-state index in [9.17, 15) is 4.79 Å². The Morgan fingerprint density at radius 2 is 2.06 bits per heavy atom. The van der Waals surface area contributed by atoms with Crippen LogP contribution in [0.3, 0.4) is 0 Å². The second-order valence-electron chi connectivity index (χ2n) is 4.53. The van der Waals surface area contributed by atoms with Crippen molar-refractivity contribution in [3.8, 4) is 0 Å². The van der Waals surface area contributed by atoms with Gasteiger partial charge in [0.25, 0.3) is 0 Å². The predicted molar refractivity (Wildman–Crippen MR) is 71.6 cm³/mol. The largest absolute Gasteiger partial charge is 0.381 e. The van der Waals surface area contributed by atoms with Crippen LogP contribution in [0.15, 0.2) is 24.3 Å². The minimum absolute atomic E-state index is 0.0681. The highest BCUT2D eigenvalue weighted by Gasteiger charge is 2.38. The summed E-state index contributed by atoms with van der Waals surface area (Å²) in [5.41, 5.74) is 5.88. The Kier molecular flexibility index (Phi) is 4.22. The predicted octanol–water partition coefficient (Wildman–Crippen LogP) is 2.03. The van der Waals surface area contributed by atoms with Crippen LogP contribution in [0.2, 0.25) is 5.02 Å². The monoisotopic (exact) mass is 268 g/mol. The van der Waals surface area contributed by atoms with Gasteiger partial charge in [-0.2, -0.15) is 0 Å². The van der Waals surface area contributed by atoms with E-state index in [-0.39, 0.29) is 5.91 Å². The molecule has 1 heterocycles. The molecule has 3 N–H and O–H groups in total. The van der Waals surface area contributed by atoms with Crippen molar-refractivity contribution in [2.75, 3.05) is 25.1 Å². The Labute approximate surface area is 111 Å². The Bertz CT molecular complexity index is 431. The van der Waals surface area contributed by atoms with Crippen molar-refractivity contribution in [2.24, 2.45) is 11.1 Å². The van der Waals surface area contributed by atoms with Gasteiger partial charge >= 0.3 is 0 Å². The molecule has 1 aromatic rings. The molecule has 0 bridgehead atoms. The van der Waals surface area contributed by atoms with Crippen LogP contribution >= 0.6 is 11.6 Å². The fourth-order valence-corrected chi connectivity index (χ4v) is 2.29. The number of halogens is 1. The van der Waals surface area contributed by atoms with E-state index in [0.29, 0.717) is 43.3 Å². The summed E-state index contributed by atoms with van der Waals surface area (Å²) in [6, 6.07) is 7.19. The minimum atomic E-state index is -0.530. The summed E-state index contributed by atoms with van der Waals surface area (Å²) >= 11 is 6.03. The molecule has 18 heavy (non-hydrogen) atoms. The molecular formula is C13H17ClN2O2. The van der Waals surface area contributed by atoms with Crippen molar-refractivity contribution < 1.29 is 9.53 Å². The molecule has 1 aliphatic rings. The van der Waals surface area contributed by atoms with Crippen LogP contribution in [-0.4, -0.2) is 25.7 Å². The van der Waals surface area contributed by atoms with Gasteiger partial charge in [-0.1, -0.05) is 23.7 Å². The molecular weight excluding hydrogens is 252 g/mol. The molecule has 1 fully saturated rings. The van der Waals surface area contributed by atoms with Crippen LogP contribution in [0.4, 0.5) is 5.69 Å². The molecule has 0 unspecified atom stereocenters. The molecule has 0 aromatic heterocycles. The van der Waals surface area contributed by atoms with Gasteiger partial charge in [0.1, 0.15) is 0 Å². The second kappa shape index (κ2) is 5.69. The third kappa shape index (κ3) is 2.66. The van der Waals surface area contributed by atoms with E-state index in [4.69, 9.17) is 22.1 Å². The summed E-state index contributed by atoms with van der Waals surface area (Å²) in [7, 11) is 0. The van der Waals surface area contributed by atoms with E-state index >= 15 is 0 Å². The molecule has 0 saturated carbocycles. The lowest BCUT2D eigenvalue weighted by molar-refractivity contribution is -0.130. The molecule has 0 atom stereocenters. The lowest BCUT2D eigenvalue weighted by Gasteiger charge is -2.34. The van der Waals surface area contributed by atoms with E-state index in [1.54, 1.807) is 12.1 Å². The van der Waals surface area contributed by atoms with Gasteiger partial charge < -0.3 is 15.8 Å². The van der Waals surface area contributed by atoms with Crippen molar-refractivity contribution in [3.63, 3.8) is 0 Å². The van der Waals surface area contributed by atoms with Gasteiger partial charge in [0.2, 0.25) is 5.91 Å². The van der Waals surface area contributed by atoms with E-state index in [0.717, 1.165) is 0 Å². The first kappa shape index (κ1) is 13.3. The number of anilines is 1. The van der Waals surface area contributed by atoms with Gasteiger partial charge in [-0.25, -0.2) is 0 Å². The number of nitrogens with two attached hydrogens (primary N) is 1. The topological polar surface area (TPSA) is 64.4 Å². The lowest BCUT2D eigenvalue weighted by atomic mass is 9.79. The highest BCUT2D eigenvalue weighted by atomic mass is 35.5. The van der Waals surface area contributed by atoms with E-state index in [1.807, 2.05) is 12.1 Å². The summed E-state index contributed by atoms with van der Waals surface area (Å²) < 4.78 is 5.29. The van der Waals surface area contributed by atoms with Crippen molar-refractivity contribution in [1.82, 2.24) is 0 Å². The fourth-order valence-electron chi connectivity index (χ4n) is 2.10. The van der Waals surface area contributed by atoms with Crippen LogP contribution in [0.1, 0.15) is 12.8 Å². The maximum atomic E-state index is 12.4. The Balaban J connectivity index is 2.13. The first-order valence-electron chi connectivity index (χ1n) is 6.02. The van der Waals surface area contributed by atoms with Gasteiger partial charge in [0.05, 0.1) is 16.1 Å². The van der Waals surface area contributed by atoms with Gasteiger partial charge in [-0.05, 0) is 25.0 Å². The Morgan fingerprint density at radius 3 is 2.67 bits per heavy atom. The maximum absolute atomic E-state index is 12.4. The summed E-state index contributed by atoms with van der Waals surface area (Å²) in [5.74, 6) is -0.0681. The van der Waals surface area contributed by atoms with Crippen LogP contribution in [-0.2, 0) is 9.53 Å². The number of carbonyl (C=O) groups is 1. The number of ether oxygens (including phenoxy) is 1. The summed E-state index contributed by atoms with van der Waals surface area (Å²) in [4.78, 5) is 12.4. The van der Waals surface area contributed by atoms with E-state index in [2.05, 4.69) is 5.32 Å².